The van der Waals surface area contributed by atoms with Crippen molar-refractivity contribution in [1.29, 1.82) is 0 Å². The second-order valence-corrected chi connectivity index (χ2v) is 4.33. The topological polar surface area (TPSA) is 13.1 Å². The van der Waals surface area contributed by atoms with Gasteiger partial charge in [0.05, 0.1) is 15.1 Å². The lowest BCUT2D eigenvalue weighted by Gasteiger charge is -2.01. The Bertz CT molecular complexity index is 1430. The van der Waals surface area contributed by atoms with E-state index in [0.717, 1.165) is 0 Å². The number of hydrogen-bond acceptors (Lipinski definition) is 1. The number of fused-ring (bicyclic) bond motifs is 3. The average Bonchev–Trinajstić information content (AvgIpc) is 3.14. The average molecular weight is 290 g/mol. The summed E-state index contributed by atoms with van der Waals surface area (Å²) in [6, 6.07) is -6.30. The van der Waals surface area contributed by atoms with E-state index in [4.69, 9.17) is 31.1 Å². The van der Waals surface area contributed by atoms with Crippen molar-refractivity contribution in [3.05, 3.63) is 71.5 Å². The normalized spacial score (nSPS) is 18.9. The zero-order valence-electron chi connectivity index (χ0n) is 20.8. The summed E-state index contributed by atoms with van der Waals surface area (Å²) >= 11 is 5.95. The van der Waals surface area contributed by atoms with E-state index in [0.29, 0.717) is 0 Å². The van der Waals surface area contributed by atoms with Gasteiger partial charge in [0.15, 0.2) is 0 Å². The van der Waals surface area contributed by atoms with Gasteiger partial charge < -0.3 is 4.42 Å². The van der Waals surface area contributed by atoms with Gasteiger partial charge in [-0.2, -0.15) is 0 Å². The molecule has 0 amide bonds. The molecule has 0 saturated carbocycles. The Hall–Kier alpha value is -2.25. The predicted molar refractivity (Wildman–Crippen MR) is 84.2 cm³/mol. The highest BCUT2D eigenvalue weighted by molar-refractivity contribution is 6.31. The summed E-state index contributed by atoms with van der Waals surface area (Å²) in [5, 5.41) is -0.660. The Morgan fingerprint density at radius 3 is 2.55 bits per heavy atom. The van der Waals surface area contributed by atoms with Gasteiger partial charge >= 0.3 is 0 Å². The van der Waals surface area contributed by atoms with Crippen molar-refractivity contribution in [2.45, 2.75) is 0 Å². The second kappa shape index (κ2) is 4.39. The molecule has 3 aromatic carbocycles. The van der Waals surface area contributed by atoms with Gasteiger partial charge in [-0.1, -0.05) is 59.9 Å². The molecule has 2 heteroatoms. The van der Waals surface area contributed by atoms with Gasteiger partial charge in [0.2, 0.25) is 0 Å². The third kappa shape index (κ3) is 1.71. The monoisotopic (exact) mass is 289 g/mol. The first-order chi connectivity index (χ1) is 14.4. The highest BCUT2D eigenvalue weighted by atomic mass is 35.5. The van der Waals surface area contributed by atoms with E-state index < -0.39 is 72.0 Å². The van der Waals surface area contributed by atoms with Gasteiger partial charge in [-0.3, -0.25) is 0 Å². The molecular weight excluding hydrogens is 268 g/mol. The number of rotatable bonds is 1. The minimum Gasteiger partial charge on any atom is -0.455 e. The first-order valence-corrected chi connectivity index (χ1v) is 5.98. The largest absolute Gasteiger partial charge is 0.455 e. The van der Waals surface area contributed by atoms with E-state index in [2.05, 4.69) is 0 Å². The number of hydrogen-bond donors (Lipinski definition) is 0. The molecule has 0 unspecified atom stereocenters. The van der Waals surface area contributed by atoms with Crippen LogP contribution in [0.3, 0.4) is 0 Å². The van der Waals surface area contributed by atoms with Gasteiger partial charge in [0.25, 0.3) is 0 Å². The molecule has 1 aromatic heterocycles. The molecule has 4 rings (SSSR count). The zero-order valence-corrected chi connectivity index (χ0v) is 10.5. The standard InChI is InChI=1S/C18H11ClO/c19-13-9-10-15-16-8-4-7-14(12-5-2-1-3-6-12)18(16)20-17(15)11-13/h1-11H/i1D,2D,3D,4D,5D,6D,7D,8D,9D,10D,11D. The molecular formula is C18H11ClO. The van der Waals surface area contributed by atoms with Crippen LogP contribution in [0.2, 0.25) is 5.02 Å². The van der Waals surface area contributed by atoms with E-state index in [1.165, 1.54) is 0 Å². The molecule has 0 aliphatic heterocycles. The van der Waals surface area contributed by atoms with E-state index >= 15 is 0 Å². The van der Waals surface area contributed by atoms with Crippen molar-refractivity contribution in [3.63, 3.8) is 0 Å². The van der Waals surface area contributed by atoms with Crippen LogP contribution in [0.15, 0.2) is 70.9 Å². The lowest BCUT2D eigenvalue weighted by atomic mass is 10.0. The van der Waals surface area contributed by atoms with E-state index in [-0.39, 0.29) is 32.5 Å². The molecule has 0 spiro atoms. The van der Waals surface area contributed by atoms with Crippen LogP contribution in [0.25, 0.3) is 33.1 Å². The Balaban J connectivity index is 2.36. The quantitative estimate of drug-likeness (QED) is 0.425. The van der Waals surface area contributed by atoms with Crippen molar-refractivity contribution in [2.75, 3.05) is 0 Å². The SMILES string of the molecule is [2H]c1c([2H])c([2H])c(-c2c([2H])c([2H])c([2H])c3c2oc2c([2H])c(Cl)c([2H])c([2H])c23)c([2H])c1[2H]. The summed E-state index contributed by atoms with van der Waals surface area (Å²) in [6.45, 7) is 0. The summed E-state index contributed by atoms with van der Waals surface area (Å²) in [4.78, 5) is 0. The Morgan fingerprint density at radius 2 is 1.70 bits per heavy atom. The molecule has 0 fully saturated rings. The summed E-state index contributed by atoms with van der Waals surface area (Å²) in [6.07, 6.45) is 0. The minimum absolute atomic E-state index is 0.137. The fraction of sp³-hybridized carbons (Fsp3) is 0. The van der Waals surface area contributed by atoms with Crippen molar-refractivity contribution >= 4 is 33.5 Å². The lowest BCUT2D eigenvalue weighted by Crippen LogP contribution is -1.77. The first kappa shape index (κ1) is 4.94. The van der Waals surface area contributed by atoms with Crippen molar-refractivity contribution < 1.29 is 19.5 Å². The van der Waals surface area contributed by atoms with E-state index in [1.807, 2.05) is 0 Å². The smallest absolute Gasteiger partial charge is 0.143 e. The summed E-state index contributed by atoms with van der Waals surface area (Å²) in [5.41, 5.74) is -1.27. The number of para-hydroxylation sites is 1. The molecule has 0 aliphatic carbocycles. The molecule has 4 aromatic rings. The third-order valence-electron chi connectivity index (χ3n) is 2.78. The minimum atomic E-state index is -0.653. The second-order valence-electron chi connectivity index (χ2n) is 3.95. The maximum Gasteiger partial charge on any atom is 0.143 e. The maximum absolute atomic E-state index is 8.35. The number of halogens is 1. The van der Waals surface area contributed by atoms with Gasteiger partial charge in [0.1, 0.15) is 11.2 Å². The highest BCUT2D eigenvalue weighted by Crippen LogP contribution is 2.36. The molecule has 1 heterocycles. The van der Waals surface area contributed by atoms with Crippen molar-refractivity contribution in [2.24, 2.45) is 0 Å². The fourth-order valence-electron chi connectivity index (χ4n) is 1.95. The van der Waals surface area contributed by atoms with Crippen LogP contribution >= 0.6 is 11.6 Å². The molecule has 0 atom stereocenters. The number of benzene rings is 3. The molecule has 20 heavy (non-hydrogen) atoms. The Morgan fingerprint density at radius 1 is 0.850 bits per heavy atom. The summed E-state index contributed by atoms with van der Waals surface area (Å²) < 4.78 is 94.9. The summed E-state index contributed by atoms with van der Waals surface area (Å²) in [7, 11) is 0. The molecule has 96 valence electrons. The van der Waals surface area contributed by atoms with Crippen LogP contribution in [0.4, 0.5) is 0 Å². The van der Waals surface area contributed by atoms with Crippen LogP contribution in [-0.2, 0) is 0 Å². The van der Waals surface area contributed by atoms with Crippen molar-refractivity contribution in [1.82, 2.24) is 0 Å². The van der Waals surface area contributed by atoms with Crippen LogP contribution < -0.4 is 0 Å². The predicted octanol–water partition coefficient (Wildman–Crippen LogP) is 5.91. The van der Waals surface area contributed by atoms with Gasteiger partial charge in [0, 0.05) is 27.4 Å². The third-order valence-corrected chi connectivity index (χ3v) is 2.97. The van der Waals surface area contributed by atoms with Crippen LogP contribution in [0.5, 0.6) is 0 Å². The fourth-order valence-corrected chi connectivity index (χ4v) is 2.08. The Kier molecular flexibility index (Phi) is 1.09. The molecule has 0 bridgehead atoms. The highest BCUT2D eigenvalue weighted by Gasteiger charge is 2.11. The molecule has 0 aliphatic rings. The van der Waals surface area contributed by atoms with Gasteiger partial charge in [-0.15, -0.1) is 0 Å². The van der Waals surface area contributed by atoms with Crippen LogP contribution in [-0.4, -0.2) is 0 Å². The van der Waals surface area contributed by atoms with E-state index in [9.17, 15) is 0 Å². The number of furan rings is 1. The molecule has 1 nitrogen and oxygen atoms in total. The van der Waals surface area contributed by atoms with Gasteiger partial charge in [-0.05, 0) is 17.6 Å². The van der Waals surface area contributed by atoms with Crippen molar-refractivity contribution in [3.8, 4) is 11.1 Å². The molecule has 0 radical (unpaired) electrons. The summed E-state index contributed by atoms with van der Waals surface area (Å²) in [5.74, 6) is 0. The van der Waals surface area contributed by atoms with E-state index in [1.54, 1.807) is 0 Å². The molecule has 0 saturated heterocycles. The van der Waals surface area contributed by atoms with Crippen LogP contribution in [0.1, 0.15) is 15.1 Å². The maximum atomic E-state index is 8.35. The molecule has 0 N–H and O–H groups in total. The lowest BCUT2D eigenvalue weighted by molar-refractivity contribution is 0.670. The zero-order chi connectivity index (χ0) is 23.1. The van der Waals surface area contributed by atoms with Crippen LogP contribution in [0, 0.1) is 0 Å². The van der Waals surface area contributed by atoms with Gasteiger partial charge in [-0.25, -0.2) is 0 Å². The first-order valence-electron chi connectivity index (χ1n) is 11.1. The Labute approximate surface area is 136 Å².